The van der Waals surface area contributed by atoms with E-state index >= 15 is 0 Å². The number of hydrogen-bond acceptors (Lipinski definition) is 5. The summed E-state index contributed by atoms with van der Waals surface area (Å²) in [5.41, 5.74) is 1.86. The minimum absolute atomic E-state index is 0.0651. The molecule has 3 rings (SSSR count). The van der Waals surface area contributed by atoms with Crippen LogP contribution in [0.15, 0.2) is 95.9 Å². The predicted octanol–water partition coefficient (Wildman–Crippen LogP) is 5.86. The molecule has 0 aliphatic rings. The van der Waals surface area contributed by atoms with Crippen LogP contribution in [0.25, 0.3) is 6.08 Å². The van der Waals surface area contributed by atoms with Gasteiger partial charge in [-0.15, -0.1) is 11.8 Å². The van der Waals surface area contributed by atoms with Crippen molar-refractivity contribution in [2.45, 2.75) is 15.5 Å². The Balaban J connectivity index is 1.72. The molecule has 0 spiro atoms. The molecule has 0 unspecified atom stereocenters. The summed E-state index contributed by atoms with van der Waals surface area (Å²) in [5.74, 6) is -0.348. The van der Waals surface area contributed by atoms with E-state index in [1.54, 1.807) is 48.2 Å². The summed E-state index contributed by atoms with van der Waals surface area (Å²) >= 11 is 1.55. The van der Waals surface area contributed by atoms with Crippen LogP contribution in [0.4, 0.5) is 10.1 Å². The third-order valence-electron chi connectivity index (χ3n) is 4.39. The highest BCUT2D eigenvalue weighted by Gasteiger charge is 2.19. The molecule has 1 N–H and O–H groups in total. The van der Waals surface area contributed by atoms with Crippen LogP contribution >= 0.6 is 11.8 Å². The van der Waals surface area contributed by atoms with E-state index in [1.165, 1.54) is 36.4 Å². The highest BCUT2D eigenvalue weighted by atomic mass is 32.2. The monoisotopic (exact) mass is 469 g/mol. The van der Waals surface area contributed by atoms with Crippen LogP contribution in [0.3, 0.4) is 0 Å². The molecular weight excluding hydrogens is 449 g/mol. The Bertz CT molecular complexity index is 1240. The highest BCUT2D eigenvalue weighted by molar-refractivity contribution is 7.98. The van der Waals surface area contributed by atoms with Gasteiger partial charge in [-0.2, -0.15) is 0 Å². The molecule has 0 heterocycles. The number of nitrogens with one attached hydrogen (secondary N) is 1. The zero-order valence-corrected chi connectivity index (χ0v) is 18.6. The number of benzene rings is 3. The number of thioether (sulfide) groups is 1. The number of rotatable bonds is 9. The second-order valence-electron chi connectivity index (χ2n) is 6.57. The number of carbonyl (C=O) groups excluding carboxylic acids is 1. The van der Waals surface area contributed by atoms with E-state index in [0.717, 1.165) is 16.7 Å². The van der Waals surface area contributed by atoms with Gasteiger partial charge in [0.2, 0.25) is 0 Å². The largest absolute Gasteiger partial charge is 0.432 e. The van der Waals surface area contributed by atoms with Gasteiger partial charge in [-0.05, 0) is 59.7 Å². The SMILES string of the molecule is C=COC(=O)c1cc(S(=O)(=O)Nc2ccc(SCc3ccc(F)cc3)cc2)ccc1C=C. The van der Waals surface area contributed by atoms with Gasteiger partial charge in [0.1, 0.15) is 5.82 Å². The van der Waals surface area contributed by atoms with E-state index in [-0.39, 0.29) is 16.3 Å². The fourth-order valence-corrected chi connectivity index (χ4v) is 4.72. The van der Waals surface area contributed by atoms with Crippen molar-refractivity contribution < 1.29 is 22.3 Å². The van der Waals surface area contributed by atoms with Crippen LogP contribution in [0.1, 0.15) is 21.5 Å². The van der Waals surface area contributed by atoms with E-state index in [0.29, 0.717) is 17.0 Å². The van der Waals surface area contributed by atoms with Gasteiger partial charge in [0.25, 0.3) is 10.0 Å². The number of halogens is 1. The zero-order valence-electron chi connectivity index (χ0n) is 17.0. The Labute approximate surface area is 190 Å². The average Bonchev–Trinajstić information content (AvgIpc) is 2.79. The molecule has 0 aliphatic heterocycles. The van der Waals surface area contributed by atoms with Crippen molar-refractivity contribution in [3.05, 3.63) is 109 Å². The lowest BCUT2D eigenvalue weighted by Gasteiger charge is -2.11. The summed E-state index contributed by atoms with van der Waals surface area (Å²) in [6.45, 7) is 6.96. The molecular formula is C24H20FNO4S2. The highest BCUT2D eigenvalue weighted by Crippen LogP contribution is 2.26. The van der Waals surface area contributed by atoms with E-state index in [4.69, 9.17) is 4.74 Å². The first-order chi connectivity index (χ1) is 15.3. The van der Waals surface area contributed by atoms with Crippen molar-refractivity contribution in [3.63, 3.8) is 0 Å². The van der Waals surface area contributed by atoms with Crippen LogP contribution < -0.4 is 4.72 Å². The van der Waals surface area contributed by atoms with Crippen LogP contribution in [-0.2, 0) is 20.5 Å². The fraction of sp³-hybridized carbons (Fsp3) is 0.0417. The minimum atomic E-state index is -3.94. The third kappa shape index (κ3) is 5.87. The number of carbonyl (C=O) groups is 1. The Morgan fingerprint density at radius 3 is 2.34 bits per heavy atom. The van der Waals surface area contributed by atoms with E-state index in [2.05, 4.69) is 17.9 Å². The normalized spacial score (nSPS) is 10.9. The maximum absolute atomic E-state index is 13.0. The molecule has 0 bridgehead atoms. The number of sulfonamides is 1. The van der Waals surface area contributed by atoms with Gasteiger partial charge in [-0.25, -0.2) is 17.6 Å². The quantitative estimate of drug-likeness (QED) is 0.241. The van der Waals surface area contributed by atoms with Gasteiger partial charge in [-0.3, -0.25) is 4.72 Å². The molecule has 3 aromatic carbocycles. The van der Waals surface area contributed by atoms with Crippen LogP contribution in [0, 0.1) is 5.82 Å². The van der Waals surface area contributed by atoms with Crippen LogP contribution in [0.2, 0.25) is 0 Å². The van der Waals surface area contributed by atoms with Crippen molar-refractivity contribution in [3.8, 4) is 0 Å². The fourth-order valence-electron chi connectivity index (χ4n) is 2.78. The van der Waals surface area contributed by atoms with Crippen molar-refractivity contribution >= 4 is 39.5 Å². The molecule has 3 aromatic rings. The topological polar surface area (TPSA) is 72.5 Å². The molecule has 5 nitrogen and oxygen atoms in total. The number of ether oxygens (including phenoxy) is 1. The second kappa shape index (κ2) is 10.3. The van der Waals surface area contributed by atoms with E-state index in [1.807, 2.05) is 0 Å². The van der Waals surface area contributed by atoms with Gasteiger partial charge >= 0.3 is 5.97 Å². The van der Waals surface area contributed by atoms with Crippen LogP contribution in [-0.4, -0.2) is 14.4 Å². The van der Waals surface area contributed by atoms with Gasteiger partial charge < -0.3 is 4.74 Å². The second-order valence-corrected chi connectivity index (χ2v) is 9.30. The average molecular weight is 470 g/mol. The Morgan fingerprint density at radius 1 is 1.03 bits per heavy atom. The van der Waals surface area contributed by atoms with Crippen LogP contribution in [0.5, 0.6) is 0 Å². The number of esters is 1. The lowest BCUT2D eigenvalue weighted by Crippen LogP contribution is -2.14. The third-order valence-corrected chi connectivity index (χ3v) is 6.85. The number of anilines is 1. The molecule has 0 radical (unpaired) electrons. The van der Waals surface area contributed by atoms with Crippen molar-refractivity contribution in [2.75, 3.05) is 4.72 Å². The van der Waals surface area contributed by atoms with E-state index in [9.17, 15) is 17.6 Å². The van der Waals surface area contributed by atoms with Crippen molar-refractivity contribution in [1.29, 1.82) is 0 Å². The number of hydrogen-bond donors (Lipinski definition) is 1. The Morgan fingerprint density at radius 2 is 1.72 bits per heavy atom. The summed E-state index contributed by atoms with van der Waals surface area (Å²) in [5, 5.41) is 0. The van der Waals surface area contributed by atoms with Gasteiger partial charge in [-0.1, -0.05) is 37.4 Å². The molecule has 32 heavy (non-hydrogen) atoms. The van der Waals surface area contributed by atoms with E-state index < -0.39 is 16.0 Å². The summed E-state index contributed by atoms with van der Waals surface area (Å²) in [6, 6.07) is 17.3. The molecule has 164 valence electrons. The predicted molar refractivity (Wildman–Crippen MR) is 125 cm³/mol. The first-order valence-corrected chi connectivity index (χ1v) is 11.9. The Kier molecular flexibility index (Phi) is 7.50. The molecule has 0 saturated carbocycles. The maximum Gasteiger partial charge on any atom is 0.343 e. The van der Waals surface area contributed by atoms with Gasteiger partial charge in [0.05, 0.1) is 16.7 Å². The first kappa shape index (κ1) is 23.3. The Hall–Kier alpha value is -3.36. The standard InChI is InChI=1S/C24H20FNO4S2/c1-3-18-7-14-22(15-23(18)24(27)30-4-2)32(28,29)26-20-10-12-21(13-11-20)31-16-17-5-8-19(25)9-6-17/h3-15,26H,1-2,16H2. The van der Waals surface area contributed by atoms with Gasteiger partial charge in [0, 0.05) is 16.3 Å². The van der Waals surface area contributed by atoms with Crippen molar-refractivity contribution in [1.82, 2.24) is 0 Å². The smallest absolute Gasteiger partial charge is 0.343 e. The summed E-state index contributed by atoms with van der Waals surface area (Å²) in [4.78, 5) is 12.9. The van der Waals surface area contributed by atoms with Gasteiger partial charge in [0.15, 0.2) is 0 Å². The lowest BCUT2D eigenvalue weighted by atomic mass is 10.1. The minimum Gasteiger partial charge on any atom is -0.432 e. The molecule has 0 aromatic heterocycles. The summed E-state index contributed by atoms with van der Waals surface area (Å²) < 4.78 is 45.9. The molecule has 0 fully saturated rings. The molecule has 8 heteroatoms. The van der Waals surface area contributed by atoms with Crippen molar-refractivity contribution in [2.24, 2.45) is 0 Å². The summed E-state index contributed by atoms with van der Waals surface area (Å²) in [6.07, 6.45) is 2.41. The molecule has 0 amide bonds. The molecule has 0 atom stereocenters. The summed E-state index contributed by atoms with van der Waals surface area (Å²) in [7, 11) is -3.94. The lowest BCUT2D eigenvalue weighted by molar-refractivity contribution is 0.0663. The molecule has 0 saturated heterocycles. The first-order valence-electron chi connectivity index (χ1n) is 9.41. The molecule has 0 aliphatic carbocycles. The maximum atomic E-state index is 13.0. The zero-order chi connectivity index (χ0) is 23.1.